The molecular weight excluding hydrogens is 331 g/mol. The van der Waals surface area contributed by atoms with Gasteiger partial charge in [-0.25, -0.2) is 0 Å². The Morgan fingerprint density at radius 2 is 1.57 bits per heavy atom. The molecule has 0 saturated carbocycles. The number of carboxylic acids is 1. The first-order valence-corrected chi connectivity index (χ1v) is 6.32. The molecule has 21 heavy (non-hydrogen) atoms. The zero-order valence-electron chi connectivity index (χ0n) is 11.8. The number of nitrogens with one attached hydrogen (secondary N) is 1. The van der Waals surface area contributed by atoms with Gasteiger partial charge in [-0.15, -0.1) is 0 Å². The van der Waals surface area contributed by atoms with E-state index in [-0.39, 0.29) is 65.5 Å². The summed E-state index contributed by atoms with van der Waals surface area (Å²) >= 11 is 12.1. The molecule has 1 N–H and O–H groups in total. The summed E-state index contributed by atoms with van der Waals surface area (Å²) in [7, 11) is 0. The number of anilines is 2. The fourth-order valence-electron chi connectivity index (χ4n) is 1.70. The van der Waals surface area contributed by atoms with E-state index in [4.69, 9.17) is 23.2 Å². The fourth-order valence-corrected chi connectivity index (χ4v) is 2.20. The number of benzene rings is 2. The van der Waals surface area contributed by atoms with Gasteiger partial charge in [0.05, 0.1) is 15.7 Å². The van der Waals surface area contributed by atoms with Crippen molar-refractivity contribution in [3.8, 4) is 0 Å². The molecule has 0 heterocycles. The second kappa shape index (κ2) is 10.1. The fraction of sp³-hybridized carbons (Fsp3) is 0.0714. The zero-order chi connectivity index (χ0) is 13.8. The molecule has 3 nitrogen and oxygen atoms in total. The summed E-state index contributed by atoms with van der Waals surface area (Å²) < 4.78 is 0. The van der Waals surface area contributed by atoms with E-state index < -0.39 is 5.97 Å². The molecule has 0 atom stereocenters. The van der Waals surface area contributed by atoms with Crippen LogP contribution >= 0.6 is 23.2 Å². The third-order valence-electron chi connectivity index (χ3n) is 2.57. The normalized spacial score (nSPS) is 9.24. The van der Waals surface area contributed by atoms with E-state index in [1.807, 2.05) is 0 Å². The van der Waals surface area contributed by atoms with Gasteiger partial charge in [0.25, 0.3) is 0 Å². The smallest absolute Gasteiger partial charge is 0.550 e. The SMILES string of the molecule is O=C([O-])Cc1ccccc1Nc1c(Cl)cccc1Cl.[Na+].[Na+]. The van der Waals surface area contributed by atoms with Gasteiger partial charge in [0.15, 0.2) is 0 Å². The monoisotopic (exact) mass is 340 g/mol. The van der Waals surface area contributed by atoms with Crippen LogP contribution in [-0.2, 0) is 11.2 Å². The number of carbonyl (C=O) groups excluding carboxylic acids is 1. The van der Waals surface area contributed by atoms with Crippen LogP contribution in [0.4, 0.5) is 11.4 Å². The van der Waals surface area contributed by atoms with Gasteiger partial charge >= 0.3 is 59.1 Å². The number of rotatable bonds is 4. The standard InChI is InChI=1S/C14H11Cl2NO2.2Na/c15-10-5-3-6-11(16)14(10)17-12-7-2-1-4-9(12)8-13(18)19;;/h1-7,17H,8H2,(H,18,19);;/q;2*+1/p-1. The number of hydrogen-bond acceptors (Lipinski definition) is 3. The minimum Gasteiger partial charge on any atom is -0.550 e. The molecule has 0 aliphatic carbocycles. The number of hydrogen-bond donors (Lipinski definition) is 1. The maximum atomic E-state index is 10.7. The molecule has 0 bridgehead atoms. The summed E-state index contributed by atoms with van der Waals surface area (Å²) in [5.74, 6) is -1.14. The number of carboxylic acid groups (broad SMARTS) is 1. The Labute approximate surface area is 177 Å². The van der Waals surface area contributed by atoms with Gasteiger partial charge < -0.3 is 15.2 Å². The van der Waals surface area contributed by atoms with Crippen LogP contribution in [-0.4, -0.2) is 5.97 Å². The van der Waals surface area contributed by atoms with Crippen molar-refractivity contribution in [1.29, 1.82) is 0 Å². The van der Waals surface area contributed by atoms with Crippen molar-refractivity contribution in [3.63, 3.8) is 0 Å². The van der Waals surface area contributed by atoms with Gasteiger partial charge in [-0.1, -0.05) is 47.5 Å². The van der Waals surface area contributed by atoms with Gasteiger partial charge in [-0.2, -0.15) is 0 Å². The van der Waals surface area contributed by atoms with Crippen molar-refractivity contribution in [1.82, 2.24) is 0 Å². The second-order valence-corrected chi connectivity index (χ2v) is 4.74. The Hall–Kier alpha value is 0.290. The van der Waals surface area contributed by atoms with Crippen LogP contribution in [0.3, 0.4) is 0 Å². The van der Waals surface area contributed by atoms with Crippen molar-refractivity contribution < 1.29 is 69.0 Å². The average Bonchev–Trinajstić information content (AvgIpc) is 2.35. The molecule has 98 valence electrons. The van der Waals surface area contributed by atoms with E-state index >= 15 is 0 Å². The van der Waals surface area contributed by atoms with Crippen LogP contribution < -0.4 is 69.5 Å². The third kappa shape index (κ3) is 6.12. The Balaban J connectivity index is 0.00000200. The van der Waals surface area contributed by atoms with Gasteiger partial charge in [0.2, 0.25) is 0 Å². The average molecular weight is 341 g/mol. The van der Waals surface area contributed by atoms with Crippen molar-refractivity contribution in [3.05, 3.63) is 58.1 Å². The van der Waals surface area contributed by atoms with Gasteiger partial charge in [-0.3, -0.25) is 0 Å². The molecule has 0 aliphatic rings. The zero-order valence-corrected chi connectivity index (χ0v) is 17.3. The minimum absolute atomic E-state index is 0. The van der Waals surface area contributed by atoms with E-state index in [9.17, 15) is 9.90 Å². The molecule has 2 aromatic carbocycles. The molecule has 0 spiro atoms. The van der Waals surface area contributed by atoms with Crippen LogP contribution in [0.2, 0.25) is 10.0 Å². The molecule has 0 saturated heterocycles. The Kier molecular flexibility index (Phi) is 10.3. The summed E-state index contributed by atoms with van der Waals surface area (Å²) in [6, 6.07) is 12.2. The maximum absolute atomic E-state index is 10.7. The van der Waals surface area contributed by atoms with E-state index in [1.165, 1.54) is 0 Å². The topological polar surface area (TPSA) is 52.2 Å². The molecule has 2 aromatic rings. The first-order chi connectivity index (χ1) is 9.08. The van der Waals surface area contributed by atoms with E-state index in [0.29, 0.717) is 27.0 Å². The molecule has 0 amide bonds. The number of para-hydroxylation sites is 2. The minimum atomic E-state index is -1.14. The van der Waals surface area contributed by atoms with Gasteiger partial charge in [0.1, 0.15) is 0 Å². The predicted octanol–water partition coefficient (Wildman–Crippen LogP) is -2.96. The van der Waals surface area contributed by atoms with E-state index in [2.05, 4.69) is 5.32 Å². The molecular formula is C14H10Cl2NNa2O2+. The summed E-state index contributed by atoms with van der Waals surface area (Å²) in [5.41, 5.74) is 1.80. The van der Waals surface area contributed by atoms with Crippen molar-refractivity contribution in [2.24, 2.45) is 0 Å². The number of aliphatic carboxylic acids is 1. The predicted molar refractivity (Wildman–Crippen MR) is 74.9 cm³/mol. The molecule has 0 aromatic heterocycles. The molecule has 0 radical (unpaired) electrons. The van der Waals surface area contributed by atoms with E-state index in [1.54, 1.807) is 42.5 Å². The molecule has 0 fully saturated rings. The number of carbonyl (C=O) groups is 1. The first-order valence-electron chi connectivity index (χ1n) is 5.56. The van der Waals surface area contributed by atoms with Crippen molar-refractivity contribution >= 4 is 40.5 Å². The summed E-state index contributed by atoms with van der Waals surface area (Å²) in [6.45, 7) is 0. The Morgan fingerprint density at radius 3 is 2.14 bits per heavy atom. The molecule has 7 heteroatoms. The van der Waals surface area contributed by atoms with Gasteiger partial charge in [0, 0.05) is 18.1 Å². The van der Waals surface area contributed by atoms with Crippen LogP contribution in [0.15, 0.2) is 42.5 Å². The third-order valence-corrected chi connectivity index (χ3v) is 3.20. The van der Waals surface area contributed by atoms with Crippen molar-refractivity contribution in [2.75, 3.05) is 5.32 Å². The molecule has 0 unspecified atom stereocenters. The summed E-state index contributed by atoms with van der Waals surface area (Å²) in [5, 5.41) is 14.7. The van der Waals surface area contributed by atoms with Crippen molar-refractivity contribution in [2.45, 2.75) is 6.42 Å². The van der Waals surface area contributed by atoms with Crippen LogP contribution in [0.1, 0.15) is 5.56 Å². The largest absolute Gasteiger partial charge is 1.00 e. The Morgan fingerprint density at radius 1 is 1.00 bits per heavy atom. The first kappa shape index (κ1) is 21.3. The van der Waals surface area contributed by atoms with Crippen LogP contribution in [0.25, 0.3) is 0 Å². The van der Waals surface area contributed by atoms with Crippen LogP contribution in [0, 0.1) is 0 Å². The maximum Gasteiger partial charge on any atom is 1.00 e. The second-order valence-electron chi connectivity index (χ2n) is 3.93. The Bertz CT molecular complexity index is 603. The van der Waals surface area contributed by atoms with E-state index in [0.717, 1.165) is 0 Å². The van der Waals surface area contributed by atoms with Gasteiger partial charge in [-0.05, 0) is 23.8 Å². The molecule has 0 aliphatic heterocycles. The quantitative estimate of drug-likeness (QED) is 0.605. The molecule has 2 rings (SSSR count). The number of halogens is 2. The summed E-state index contributed by atoms with van der Waals surface area (Å²) in [4.78, 5) is 10.7. The van der Waals surface area contributed by atoms with Crippen LogP contribution in [0.5, 0.6) is 0 Å². The summed E-state index contributed by atoms with van der Waals surface area (Å²) in [6.07, 6.45) is -0.175.